The van der Waals surface area contributed by atoms with E-state index < -0.39 is 0 Å². The molecule has 0 spiro atoms. The first-order valence-corrected chi connectivity index (χ1v) is 7.03. The van der Waals surface area contributed by atoms with Gasteiger partial charge in [0.15, 0.2) is 0 Å². The van der Waals surface area contributed by atoms with Crippen LogP contribution in [0.2, 0.25) is 0 Å². The van der Waals surface area contributed by atoms with E-state index in [2.05, 4.69) is 11.7 Å². The summed E-state index contributed by atoms with van der Waals surface area (Å²) in [6.07, 6.45) is 1.65. The van der Waals surface area contributed by atoms with Gasteiger partial charge in [-0.3, -0.25) is 9.59 Å². The first-order chi connectivity index (χ1) is 9.61. The number of ether oxygens (including phenoxy) is 1. The van der Waals surface area contributed by atoms with Crippen molar-refractivity contribution in [1.29, 1.82) is 0 Å². The molecule has 0 aromatic heterocycles. The van der Waals surface area contributed by atoms with Crippen LogP contribution in [0.5, 0.6) is 0 Å². The Hall–Kier alpha value is -1.84. The van der Waals surface area contributed by atoms with Gasteiger partial charge in [-0.2, -0.15) is 0 Å². The predicted molar refractivity (Wildman–Crippen MR) is 75.9 cm³/mol. The Bertz CT molecular complexity index is 472. The quantitative estimate of drug-likeness (QED) is 0.776. The van der Waals surface area contributed by atoms with Crippen molar-refractivity contribution in [2.75, 3.05) is 13.7 Å². The number of carbonyl (C=O) groups is 2. The minimum atomic E-state index is -0.202. The van der Waals surface area contributed by atoms with E-state index in [0.29, 0.717) is 12.8 Å². The first-order valence-electron chi connectivity index (χ1n) is 7.03. The molecule has 20 heavy (non-hydrogen) atoms. The van der Waals surface area contributed by atoms with E-state index in [1.54, 1.807) is 0 Å². The third kappa shape index (κ3) is 3.38. The molecule has 1 aliphatic heterocycles. The van der Waals surface area contributed by atoms with Crippen LogP contribution in [0, 0.1) is 5.92 Å². The van der Waals surface area contributed by atoms with Gasteiger partial charge in [-0.15, -0.1) is 0 Å². The molecule has 1 aliphatic rings. The number of hydrogen-bond acceptors (Lipinski definition) is 3. The number of rotatable bonds is 5. The molecule has 1 heterocycles. The third-order valence-corrected chi connectivity index (χ3v) is 3.97. The van der Waals surface area contributed by atoms with Crippen molar-refractivity contribution in [3.8, 4) is 0 Å². The molecule has 0 bridgehead atoms. The summed E-state index contributed by atoms with van der Waals surface area (Å²) >= 11 is 0. The fourth-order valence-corrected chi connectivity index (χ4v) is 2.71. The highest BCUT2D eigenvalue weighted by molar-refractivity contribution is 5.79. The number of esters is 1. The summed E-state index contributed by atoms with van der Waals surface area (Å²) < 4.78 is 4.64. The molecule has 1 aromatic carbocycles. The van der Waals surface area contributed by atoms with E-state index in [0.717, 1.165) is 18.5 Å². The lowest BCUT2D eigenvalue weighted by atomic mass is 10.0. The molecule has 2 atom stereocenters. The molecule has 1 amide bonds. The maximum Gasteiger partial charge on any atom is 0.305 e. The molecule has 0 saturated carbocycles. The van der Waals surface area contributed by atoms with E-state index in [1.807, 2.05) is 35.2 Å². The number of methoxy groups -OCH3 is 1. The van der Waals surface area contributed by atoms with E-state index >= 15 is 0 Å². The zero-order chi connectivity index (χ0) is 14.5. The van der Waals surface area contributed by atoms with Gasteiger partial charge < -0.3 is 9.64 Å². The van der Waals surface area contributed by atoms with Gasteiger partial charge in [-0.25, -0.2) is 0 Å². The topological polar surface area (TPSA) is 46.6 Å². The molecule has 1 fully saturated rings. The highest BCUT2D eigenvalue weighted by Crippen LogP contribution is 2.30. The average molecular weight is 275 g/mol. The molecule has 0 N–H and O–H groups in total. The first kappa shape index (κ1) is 14.6. The standard InChI is InChI=1S/C16H21NO3/c1-12(14-6-4-3-5-7-14)17-11-13(10-15(17)18)8-9-16(19)20-2/h3-7,12-13H,8-11H2,1-2H3/t12-,13-/m1/s1. The molecule has 0 radical (unpaired) electrons. The second kappa shape index (κ2) is 6.55. The van der Waals surface area contributed by atoms with Crippen molar-refractivity contribution in [3.63, 3.8) is 0 Å². The lowest BCUT2D eigenvalue weighted by Crippen LogP contribution is -2.28. The number of likely N-dealkylation sites (tertiary alicyclic amines) is 1. The van der Waals surface area contributed by atoms with Crippen LogP contribution in [0.1, 0.15) is 37.8 Å². The molecule has 0 aliphatic carbocycles. The molecule has 108 valence electrons. The van der Waals surface area contributed by atoms with Gasteiger partial charge in [-0.05, 0) is 24.8 Å². The van der Waals surface area contributed by atoms with Crippen LogP contribution in [0.15, 0.2) is 30.3 Å². The minimum absolute atomic E-state index is 0.0897. The summed E-state index contributed by atoms with van der Waals surface area (Å²) in [6, 6.07) is 10.1. The van der Waals surface area contributed by atoms with Crippen molar-refractivity contribution in [2.24, 2.45) is 5.92 Å². The Kier molecular flexibility index (Phi) is 4.77. The minimum Gasteiger partial charge on any atom is -0.469 e. The summed E-state index contributed by atoms with van der Waals surface area (Å²) in [5.41, 5.74) is 1.15. The van der Waals surface area contributed by atoms with Gasteiger partial charge in [0.1, 0.15) is 0 Å². The predicted octanol–water partition coefficient (Wildman–Crippen LogP) is 2.55. The van der Waals surface area contributed by atoms with Gasteiger partial charge in [0, 0.05) is 19.4 Å². The Morgan fingerprint density at radius 2 is 2.10 bits per heavy atom. The highest BCUT2D eigenvalue weighted by atomic mass is 16.5. The van der Waals surface area contributed by atoms with E-state index in [4.69, 9.17) is 0 Å². The summed E-state index contributed by atoms with van der Waals surface area (Å²) in [5.74, 6) is 0.232. The number of nitrogens with zero attached hydrogens (tertiary/aromatic N) is 1. The van der Waals surface area contributed by atoms with Crippen molar-refractivity contribution in [1.82, 2.24) is 4.90 Å². The molecule has 4 heteroatoms. The van der Waals surface area contributed by atoms with Crippen molar-refractivity contribution in [2.45, 2.75) is 32.2 Å². The Balaban J connectivity index is 1.94. The van der Waals surface area contributed by atoms with Crippen molar-refractivity contribution in [3.05, 3.63) is 35.9 Å². The smallest absolute Gasteiger partial charge is 0.305 e. The lowest BCUT2D eigenvalue weighted by molar-refractivity contribution is -0.141. The largest absolute Gasteiger partial charge is 0.469 e. The monoisotopic (exact) mass is 275 g/mol. The van der Waals surface area contributed by atoms with Gasteiger partial charge in [0.05, 0.1) is 13.2 Å². The van der Waals surface area contributed by atoms with Crippen LogP contribution in [-0.2, 0) is 14.3 Å². The maximum atomic E-state index is 12.1. The number of hydrogen-bond donors (Lipinski definition) is 0. The van der Waals surface area contributed by atoms with Crippen LogP contribution in [-0.4, -0.2) is 30.4 Å². The van der Waals surface area contributed by atoms with E-state index in [1.165, 1.54) is 7.11 Å². The molecule has 1 aromatic rings. The second-order valence-electron chi connectivity index (χ2n) is 5.32. The molecular formula is C16H21NO3. The summed E-state index contributed by atoms with van der Waals surface area (Å²) in [5, 5.41) is 0. The molecule has 4 nitrogen and oxygen atoms in total. The Labute approximate surface area is 119 Å². The number of benzene rings is 1. The molecule has 1 saturated heterocycles. The maximum absolute atomic E-state index is 12.1. The van der Waals surface area contributed by atoms with Gasteiger partial charge >= 0.3 is 5.97 Å². The van der Waals surface area contributed by atoms with Crippen molar-refractivity contribution >= 4 is 11.9 Å². The SMILES string of the molecule is COC(=O)CC[C@@H]1CC(=O)N([C@H](C)c2ccccc2)C1. The summed E-state index contributed by atoms with van der Waals surface area (Å²) in [4.78, 5) is 25.2. The average Bonchev–Trinajstić information content (AvgIpc) is 2.86. The Morgan fingerprint density at radius 3 is 2.75 bits per heavy atom. The van der Waals surface area contributed by atoms with Crippen LogP contribution < -0.4 is 0 Å². The summed E-state index contributed by atoms with van der Waals surface area (Å²) in [6.45, 7) is 2.78. The lowest BCUT2D eigenvalue weighted by Gasteiger charge is -2.25. The zero-order valence-corrected chi connectivity index (χ0v) is 12.0. The Morgan fingerprint density at radius 1 is 1.40 bits per heavy atom. The van der Waals surface area contributed by atoms with Crippen LogP contribution in [0.3, 0.4) is 0 Å². The van der Waals surface area contributed by atoms with E-state index in [-0.39, 0.29) is 23.8 Å². The molecule has 2 rings (SSSR count). The normalized spacial score (nSPS) is 20.0. The fraction of sp³-hybridized carbons (Fsp3) is 0.500. The van der Waals surface area contributed by atoms with Crippen LogP contribution in [0.4, 0.5) is 0 Å². The van der Waals surface area contributed by atoms with E-state index in [9.17, 15) is 9.59 Å². The van der Waals surface area contributed by atoms with Gasteiger partial charge in [-0.1, -0.05) is 30.3 Å². The molecular weight excluding hydrogens is 254 g/mol. The molecule has 0 unspecified atom stereocenters. The van der Waals surface area contributed by atoms with Crippen molar-refractivity contribution < 1.29 is 14.3 Å². The van der Waals surface area contributed by atoms with Crippen LogP contribution in [0.25, 0.3) is 0 Å². The third-order valence-electron chi connectivity index (χ3n) is 3.97. The highest BCUT2D eigenvalue weighted by Gasteiger charge is 2.33. The van der Waals surface area contributed by atoms with Gasteiger partial charge in [0.25, 0.3) is 0 Å². The number of carbonyl (C=O) groups excluding carboxylic acids is 2. The van der Waals surface area contributed by atoms with Crippen LogP contribution >= 0.6 is 0 Å². The number of amides is 1. The van der Waals surface area contributed by atoms with Gasteiger partial charge in [0.2, 0.25) is 5.91 Å². The second-order valence-corrected chi connectivity index (χ2v) is 5.32. The summed E-state index contributed by atoms with van der Waals surface area (Å²) in [7, 11) is 1.39. The fourth-order valence-electron chi connectivity index (χ4n) is 2.71. The zero-order valence-electron chi connectivity index (χ0n) is 12.0.